The van der Waals surface area contributed by atoms with Crippen molar-refractivity contribution in [1.82, 2.24) is 20.0 Å². The average molecular weight is 296 g/mol. The lowest BCUT2D eigenvalue weighted by molar-refractivity contribution is 0.116. The molecule has 21 heavy (non-hydrogen) atoms. The molecule has 0 aromatic carbocycles. The number of hydrogen-bond donors (Lipinski definition) is 1. The number of nitrogens with zero attached hydrogens (tertiary/aromatic N) is 3. The van der Waals surface area contributed by atoms with Crippen LogP contribution in [0.1, 0.15) is 25.1 Å². The standard InChI is InChI=1S/C15H28N4O2/c1-11-8-12(10-21-11)14(16-2)15-13(20-5)9-17-19(15)7-6-18(3)4/h9,11-12,14,16H,6-8,10H2,1-5H3. The number of hydrogen-bond acceptors (Lipinski definition) is 5. The van der Waals surface area contributed by atoms with E-state index in [1.807, 2.05) is 13.2 Å². The van der Waals surface area contributed by atoms with E-state index in [2.05, 4.69) is 41.0 Å². The number of ether oxygens (including phenoxy) is 2. The lowest BCUT2D eigenvalue weighted by Crippen LogP contribution is -2.30. The van der Waals surface area contributed by atoms with E-state index < -0.39 is 0 Å². The molecule has 1 aliphatic rings. The van der Waals surface area contributed by atoms with E-state index in [9.17, 15) is 0 Å². The highest BCUT2D eigenvalue weighted by Gasteiger charge is 2.33. The Morgan fingerprint density at radius 1 is 1.57 bits per heavy atom. The lowest BCUT2D eigenvalue weighted by Gasteiger charge is -2.24. The summed E-state index contributed by atoms with van der Waals surface area (Å²) in [5, 5.41) is 7.94. The van der Waals surface area contributed by atoms with Crippen LogP contribution in [0.25, 0.3) is 0 Å². The van der Waals surface area contributed by atoms with Crippen LogP contribution in [0.3, 0.4) is 0 Å². The summed E-state index contributed by atoms with van der Waals surface area (Å²) < 4.78 is 13.3. The summed E-state index contributed by atoms with van der Waals surface area (Å²) in [4.78, 5) is 2.16. The van der Waals surface area contributed by atoms with E-state index in [1.165, 1.54) is 0 Å². The van der Waals surface area contributed by atoms with E-state index in [0.717, 1.165) is 37.6 Å². The van der Waals surface area contributed by atoms with Crippen molar-refractivity contribution >= 4 is 0 Å². The Kier molecular flexibility index (Phi) is 5.61. The number of nitrogens with one attached hydrogen (secondary N) is 1. The van der Waals surface area contributed by atoms with E-state index >= 15 is 0 Å². The summed E-state index contributed by atoms with van der Waals surface area (Å²) >= 11 is 0. The fourth-order valence-electron chi connectivity index (χ4n) is 3.00. The second-order valence-corrected chi connectivity index (χ2v) is 6.03. The molecule has 1 aromatic rings. The number of likely N-dealkylation sites (N-methyl/N-ethyl adjacent to an activating group) is 1. The molecule has 0 amide bonds. The first-order valence-electron chi connectivity index (χ1n) is 7.60. The SMILES string of the molecule is CNC(c1c(OC)cnn1CCN(C)C)C1COC(C)C1. The Balaban J connectivity index is 2.23. The molecule has 1 aliphatic heterocycles. The van der Waals surface area contributed by atoms with Gasteiger partial charge in [-0.25, -0.2) is 0 Å². The zero-order valence-electron chi connectivity index (χ0n) is 13.8. The molecule has 6 nitrogen and oxygen atoms in total. The molecule has 2 rings (SSSR count). The Labute approximate surface area is 127 Å². The Morgan fingerprint density at radius 2 is 2.33 bits per heavy atom. The van der Waals surface area contributed by atoms with Gasteiger partial charge in [-0.2, -0.15) is 5.10 Å². The number of methoxy groups -OCH3 is 1. The van der Waals surface area contributed by atoms with Crippen molar-refractivity contribution in [3.8, 4) is 5.75 Å². The molecule has 1 aromatic heterocycles. The molecule has 1 N–H and O–H groups in total. The van der Waals surface area contributed by atoms with Crippen molar-refractivity contribution < 1.29 is 9.47 Å². The van der Waals surface area contributed by atoms with Gasteiger partial charge in [0.15, 0.2) is 5.75 Å². The first-order chi connectivity index (χ1) is 10.1. The largest absolute Gasteiger partial charge is 0.493 e. The van der Waals surface area contributed by atoms with Crippen molar-refractivity contribution in [2.75, 3.05) is 41.4 Å². The number of rotatable bonds is 7. The maximum atomic E-state index is 5.74. The summed E-state index contributed by atoms with van der Waals surface area (Å²) in [6.45, 7) is 4.72. The first kappa shape index (κ1) is 16.3. The Morgan fingerprint density at radius 3 is 2.86 bits per heavy atom. The molecular weight excluding hydrogens is 268 g/mol. The highest BCUT2D eigenvalue weighted by atomic mass is 16.5. The predicted octanol–water partition coefficient (Wildman–Crippen LogP) is 1.14. The molecule has 0 bridgehead atoms. The van der Waals surface area contributed by atoms with Crippen LogP contribution in [-0.2, 0) is 11.3 Å². The van der Waals surface area contributed by atoms with Gasteiger partial charge in [-0.1, -0.05) is 0 Å². The van der Waals surface area contributed by atoms with Gasteiger partial charge in [0.2, 0.25) is 0 Å². The molecule has 6 heteroatoms. The van der Waals surface area contributed by atoms with Crippen molar-refractivity contribution in [2.24, 2.45) is 5.92 Å². The zero-order valence-corrected chi connectivity index (χ0v) is 13.8. The van der Waals surface area contributed by atoms with Crippen LogP contribution >= 0.6 is 0 Å². The minimum Gasteiger partial charge on any atom is -0.493 e. The molecule has 0 saturated carbocycles. The van der Waals surface area contributed by atoms with Gasteiger partial charge in [0.1, 0.15) is 0 Å². The van der Waals surface area contributed by atoms with Gasteiger partial charge in [0.05, 0.1) is 44.3 Å². The summed E-state index contributed by atoms with van der Waals surface area (Å²) in [5.41, 5.74) is 1.13. The molecule has 1 saturated heterocycles. The summed E-state index contributed by atoms with van der Waals surface area (Å²) in [6, 6.07) is 0.203. The highest BCUT2D eigenvalue weighted by molar-refractivity contribution is 5.29. The minimum atomic E-state index is 0.203. The molecule has 3 atom stereocenters. The van der Waals surface area contributed by atoms with Crippen molar-refractivity contribution in [3.05, 3.63) is 11.9 Å². The molecule has 1 fully saturated rings. The third kappa shape index (κ3) is 3.75. The molecular formula is C15H28N4O2. The van der Waals surface area contributed by atoms with E-state index in [0.29, 0.717) is 12.0 Å². The fourth-order valence-corrected chi connectivity index (χ4v) is 3.00. The summed E-state index contributed by atoms with van der Waals surface area (Å²) in [6.07, 6.45) is 3.21. The van der Waals surface area contributed by atoms with Crippen LogP contribution in [0.2, 0.25) is 0 Å². The third-order valence-electron chi connectivity index (χ3n) is 4.13. The second-order valence-electron chi connectivity index (χ2n) is 6.03. The minimum absolute atomic E-state index is 0.203. The van der Waals surface area contributed by atoms with Crippen LogP contribution in [0.5, 0.6) is 5.75 Å². The lowest BCUT2D eigenvalue weighted by atomic mass is 9.94. The Hall–Kier alpha value is -1.11. The van der Waals surface area contributed by atoms with Gasteiger partial charge in [-0.15, -0.1) is 0 Å². The molecule has 3 unspecified atom stereocenters. The van der Waals surface area contributed by atoms with Gasteiger partial charge >= 0.3 is 0 Å². The van der Waals surface area contributed by atoms with Gasteiger partial charge < -0.3 is 19.7 Å². The zero-order chi connectivity index (χ0) is 15.4. The summed E-state index contributed by atoms with van der Waals surface area (Å²) in [5.74, 6) is 1.31. The predicted molar refractivity (Wildman–Crippen MR) is 82.7 cm³/mol. The smallest absolute Gasteiger partial charge is 0.161 e. The monoisotopic (exact) mass is 296 g/mol. The molecule has 0 spiro atoms. The average Bonchev–Trinajstić information content (AvgIpc) is 3.05. The van der Waals surface area contributed by atoms with Gasteiger partial charge in [0.25, 0.3) is 0 Å². The van der Waals surface area contributed by atoms with E-state index in [-0.39, 0.29) is 6.04 Å². The van der Waals surface area contributed by atoms with Crippen LogP contribution < -0.4 is 10.1 Å². The molecule has 120 valence electrons. The van der Waals surface area contributed by atoms with Crippen LogP contribution in [0.4, 0.5) is 0 Å². The van der Waals surface area contributed by atoms with Crippen LogP contribution in [0, 0.1) is 5.92 Å². The number of aromatic nitrogens is 2. The van der Waals surface area contributed by atoms with E-state index in [4.69, 9.17) is 9.47 Å². The Bertz CT molecular complexity index is 447. The van der Waals surface area contributed by atoms with Crippen LogP contribution in [-0.4, -0.2) is 62.2 Å². The third-order valence-corrected chi connectivity index (χ3v) is 4.13. The van der Waals surface area contributed by atoms with E-state index in [1.54, 1.807) is 7.11 Å². The molecule has 0 radical (unpaired) electrons. The maximum absolute atomic E-state index is 5.74. The van der Waals surface area contributed by atoms with Crippen LogP contribution in [0.15, 0.2) is 6.20 Å². The molecule has 2 heterocycles. The summed E-state index contributed by atoms with van der Waals surface area (Å²) in [7, 11) is 7.85. The van der Waals surface area contributed by atoms with Crippen molar-refractivity contribution in [2.45, 2.75) is 32.0 Å². The topological polar surface area (TPSA) is 51.5 Å². The van der Waals surface area contributed by atoms with Gasteiger partial charge in [0, 0.05) is 12.5 Å². The van der Waals surface area contributed by atoms with Crippen molar-refractivity contribution in [1.29, 1.82) is 0 Å². The second kappa shape index (κ2) is 7.24. The van der Waals surface area contributed by atoms with Gasteiger partial charge in [-0.3, -0.25) is 4.68 Å². The highest BCUT2D eigenvalue weighted by Crippen LogP contribution is 2.35. The normalized spacial score (nSPS) is 23.7. The fraction of sp³-hybridized carbons (Fsp3) is 0.800. The quantitative estimate of drug-likeness (QED) is 0.818. The first-order valence-corrected chi connectivity index (χ1v) is 7.60. The van der Waals surface area contributed by atoms with Gasteiger partial charge in [-0.05, 0) is 34.5 Å². The maximum Gasteiger partial charge on any atom is 0.161 e. The van der Waals surface area contributed by atoms with Crippen molar-refractivity contribution in [3.63, 3.8) is 0 Å². The molecule has 0 aliphatic carbocycles.